The summed E-state index contributed by atoms with van der Waals surface area (Å²) in [5.74, 6) is 7.55. The summed E-state index contributed by atoms with van der Waals surface area (Å²) in [6.07, 6.45) is 0.917. The molecule has 1 rings (SSSR count). The number of rotatable bonds is 8. The second kappa shape index (κ2) is 7.99. The molecule has 5 nitrogen and oxygen atoms in total. The van der Waals surface area contributed by atoms with E-state index in [1.54, 1.807) is 21.3 Å². The molecule has 0 saturated heterocycles. The molecule has 0 heterocycles. The Hall–Kier alpha value is -1.30. The van der Waals surface area contributed by atoms with Crippen molar-refractivity contribution in [3.8, 4) is 11.5 Å². The number of methoxy groups -OCH3 is 3. The number of hydrogen-bond donors (Lipinski definition) is 2. The smallest absolute Gasteiger partial charge is 0.127 e. The van der Waals surface area contributed by atoms with Crippen LogP contribution in [0.1, 0.15) is 24.9 Å². The minimum Gasteiger partial charge on any atom is -0.497 e. The first-order valence-corrected chi connectivity index (χ1v) is 6.34. The van der Waals surface area contributed by atoms with Gasteiger partial charge in [0.2, 0.25) is 0 Å². The van der Waals surface area contributed by atoms with E-state index in [1.165, 1.54) is 0 Å². The summed E-state index contributed by atoms with van der Waals surface area (Å²) in [6.45, 7) is 2.84. The third kappa shape index (κ3) is 4.09. The first-order valence-electron chi connectivity index (χ1n) is 6.34. The first kappa shape index (κ1) is 15.8. The molecule has 0 radical (unpaired) electrons. The maximum Gasteiger partial charge on any atom is 0.127 e. The number of benzene rings is 1. The second-order valence-electron chi connectivity index (χ2n) is 4.51. The van der Waals surface area contributed by atoms with E-state index in [4.69, 9.17) is 20.1 Å². The molecule has 0 aliphatic carbocycles. The average Bonchev–Trinajstić information content (AvgIpc) is 2.46. The predicted octanol–water partition coefficient (Wildman–Crippen LogP) is 1.88. The Morgan fingerprint density at radius 2 is 1.95 bits per heavy atom. The van der Waals surface area contributed by atoms with Gasteiger partial charge in [-0.05, 0) is 18.4 Å². The van der Waals surface area contributed by atoms with Crippen LogP contribution in [0.4, 0.5) is 0 Å². The Morgan fingerprint density at radius 3 is 2.47 bits per heavy atom. The van der Waals surface area contributed by atoms with E-state index < -0.39 is 0 Å². The third-order valence-corrected chi connectivity index (χ3v) is 3.30. The number of nitrogens with two attached hydrogens (primary N) is 1. The average molecular weight is 268 g/mol. The van der Waals surface area contributed by atoms with Gasteiger partial charge in [0.25, 0.3) is 0 Å². The van der Waals surface area contributed by atoms with Gasteiger partial charge in [-0.2, -0.15) is 0 Å². The van der Waals surface area contributed by atoms with E-state index >= 15 is 0 Å². The summed E-state index contributed by atoms with van der Waals surface area (Å²) < 4.78 is 15.7. The summed E-state index contributed by atoms with van der Waals surface area (Å²) in [6, 6.07) is 5.76. The summed E-state index contributed by atoms with van der Waals surface area (Å²) >= 11 is 0. The number of nitrogens with one attached hydrogen (secondary N) is 1. The molecule has 0 aliphatic rings. The Balaban J connectivity index is 2.96. The Bertz CT molecular complexity index is 385. The summed E-state index contributed by atoms with van der Waals surface area (Å²) in [5, 5.41) is 0. The van der Waals surface area contributed by atoms with Gasteiger partial charge in [-0.25, -0.2) is 0 Å². The number of hydrazine groups is 1. The third-order valence-electron chi connectivity index (χ3n) is 3.30. The summed E-state index contributed by atoms with van der Waals surface area (Å²) in [5.41, 5.74) is 3.89. The van der Waals surface area contributed by atoms with Gasteiger partial charge < -0.3 is 14.2 Å². The van der Waals surface area contributed by atoms with Gasteiger partial charge >= 0.3 is 0 Å². The van der Waals surface area contributed by atoms with E-state index in [1.807, 2.05) is 18.2 Å². The predicted molar refractivity (Wildman–Crippen MR) is 75.3 cm³/mol. The van der Waals surface area contributed by atoms with Gasteiger partial charge in [-0.3, -0.25) is 11.3 Å². The van der Waals surface area contributed by atoms with Crippen molar-refractivity contribution in [1.82, 2.24) is 5.43 Å². The van der Waals surface area contributed by atoms with Gasteiger partial charge in [-0.15, -0.1) is 0 Å². The van der Waals surface area contributed by atoms with Crippen LogP contribution < -0.4 is 20.7 Å². The van der Waals surface area contributed by atoms with E-state index in [0.29, 0.717) is 12.5 Å². The Morgan fingerprint density at radius 1 is 1.21 bits per heavy atom. The first-order chi connectivity index (χ1) is 9.17. The molecule has 108 valence electrons. The van der Waals surface area contributed by atoms with Gasteiger partial charge in [0.1, 0.15) is 11.5 Å². The highest BCUT2D eigenvalue weighted by atomic mass is 16.5. The molecule has 0 amide bonds. The molecule has 0 fully saturated rings. The second-order valence-corrected chi connectivity index (χ2v) is 4.51. The fourth-order valence-electron chi connectivity index (χ4n) is 2.11. The van der Waals surface area contributed by atoms with E-state index in [-0.39, 0.29) is 6.04 Å². The molecule has 0 spiro atoms. The Labute approximate surface area is 115 Å². The summed E-state index contributed by atoms with van der Waals surface area (Å²) in [4.78, 5) is 0. The van der Waals surface area contributed by atoms with Crippen LogP contribution in [0.2, 0.25) is 0 Å². The molecule has 2 atom stereocenters. The van der Waals surface area contributed by atoms with Gasteiger partial charge in [0.05, 0.1) is 20.3 Å². The monoisotopic (exact) mass is 268 g/mol. The lowest BCUT2D eigenvalue weighted by molar-refractivity contribution is 0.170. The lowest BCUT2D eigenvalue weighted by Crippen LogP contribution is -2.33. The molecule has 2 unspecified atom stereocenters. The molecular weight excluding hydrogens is 244 g/mol. The molecule has 0 saturated carbocycles. The standard InChI is InChI=1S/C14H24N2O3/c1-10(7-8-17-2)14(16-15)12-6-5-11(18-3)9-13(12)19-4/h5-6,9-10,14,16H,7-8,15H2,1-4H3. The molecule has 19 heavy (non-hydrogen) atoms. The number of ether oxygens (including phenoxy) is 3. The van der Waals surface area contributed by atoms with Crippen LogP contribution in [0.15, 0.2) is 18.2 Å². The molecule has 1 aromatic carbocycles. The lowest BCUT2D eigenvalue weighted by Gasteiger charge is -2.25. The van der Waals surface area contributed by atoms with Crippen molar-refractivity contribution in [1.29, 1.82) is 0 Å². The zero-order chi connectivity index (χ0) is 14.3. The molecule has 5 heteroatoms. The lowest BCUT2D eigenvalue weighted by atomic mass is 9.92. The van der Waals surface area contributed by atoms with E-state index in [9.17, 15) is 0 Å². The van der Waals surface area contributed by atoms with Gasteiger partial charge in [0.15, 0.2) is 0 Å². The molecule has 0 aromatic heterocycles. The van der Waals surface area contributed by atoms with Crippen LogP contribution in [0.25, 0.3) is 0 Å². The van der Waals surface area contributed by atoms with Crippen LogP contribution in [-0.2, 0) is 4.74 Å². The SMILES string of the molecule is COCCC(C)C(NN)c1ccc(OC)cc1OC. The minimum atomic E-state index is 0.0102. The molecule has 3 N–H and O–H groups in total. The minimum absolute atomic E-state index is 0.0102. The maximum absolute atomic E-state index is 5.69. The summed E-state index contributed by atoms with van der Waals surface area (Å²) in [7, 11) is 4.98. The van der Waals surface area contributed by atoms with Gasteiger partial charge in [-0.1, -0.05) is 13.0 Å². The zero-order valence-corrected chi connectivity index (χ0v) is 12.1. The fourth-order valence-corrected chi connectivity index (χ4v) is 2.11. The van der Waals surface area contributed by atoms with Crippen molar-refractivity contribution in [3.05, 3.63) is 23.8 Å². The highest BCUT2D eigenvalue weighted by Crippen LogP contribution is 2.33. The highest BCUT2D eigenvalue weighted by Gasteiger charge is 2.21. The quantitative estimate of drug-likeness (QED) is 0.556. The topological polar surface area (TPSA) is 65.7 Å². The van der Waals surface area contributed by atoms with Crippen LogP contribution in [0.5, 0.6) is 11.5 Å². The van der Waals surface area contributed by atoms with Crippen LogP contribution in [0.3, 0.4) is 0 Å². The largest absolute Gasteiger partial charge is 0.497 e. The van der Waals surface area contributed by atoms with Crippen LogP contribution in [0, 0.1) is 5.92 Å². The van der Waals surface area contributed by atoms with Crippen molar-refractivity contribution in [2.24, 2.45) is 11.8 Å². The van der Waals surface area contributed by atoms with Gasteiger partial charge in [0, 0.05) is 25.3 Å². The van der Waals surface area contributed by atoms with Crippen molar-refractivity contribution >= 4 is 0 Å². The van der Waals surface area contributed by atoms with Crippen molar-refractivity contribution in [2.75, 3.05) is 27.9 Å². The normalized spacial score (nSPS) is 13.9. The Kier molecular flexibility index (Phi) is 6.62. The zero-order valence-electron chi connectivity index (χ0n) is 12.1. The maximum atomic E-state index is 5.69. The molecule has 1 aromatic rings. The van der Waals surface area contributed by atoms with Crippen LogP contribution >= 0.6 is 0 Å². The van der Waals surface area contributed by atoms with E-state index in [0.717, 1.165) is 23.5 Å². The van der Waals surface area contributed by atoms with Crippen LogP contribution in [-0.4, -0.2) is 27.9 Å². The highest BCUT2D eigenvalue weighted by molar-refractivity contribution is 5.42. The number of hydrogen-bond acceptors (Lipinski definition) is 5. The van der Waals surface area contributed by atoms with Crippen molar-refractivity contribution in [2.45, 2.75) is 19.4 Å². The molecular formula is C14H24N2O3. The van der Waals surface area contributed by atoms with E-state index in [2.05, 4.69) is 12.3 Å². The fraction of sp³-hybridized carbons (Fsp3) is 0.571. The van der Waals surface area contributed by atoms with Crippen molar-refractivity contribution < 1.29 is 14.2 Å². The molecule has 0 bridgehead atoms. The molecule has 0 aliphatic heterocycles. The van der Waals surface area contributed by atoms with Crippen molar-refractivity contribution in [3.63, 3.8) is 0 Å².